The molecule has 1 aromatic carbocycles. The molecule has 0 saturated carbocycles. The third kappa shape index (κ3) is 2.76. The molecule has 0 radical (unpaired) electrons. The predicted molar refractivity (Wildman–Crippen MR) is 101 cm³/mol. The highest BCUT2D eigenvalue weighted by atomic mass is 19.1. The van der Waals surface area contributed by atoms with Crippen molar-refractivity contribution >= 4 is 22.1 Å². The lowest BCUT2D eigenvalue weighted by atomic mass is 10.1. The first kappa shape index (κ1) is 16.3. The molecule has 1 aliphatic heterocycles. The number of nitrogens with one attached hydrogen (secondary N) is 1. The Morgan fingerprint density at radius 1 is 1.04 bits per heavy atom. The van der Waals surface area contributed by atoms with Crippen LogP contribution in [0.4, 0.5) is 4.39 Å². The second-order valence-electron chi connectivity index (χ2n) is 7.19. The number of aromatic nitrogens is 6. The number of aryl methyl sites for hydroxylation is 2. The quantitative estimate of drug-likeness (QED) is 0.591. The highest BCUT2D eigenvalue weighted by Gasteiger charge is 2.20. The van der Waals surface area contributed by atoms with Crippen molar-refractivity contribution in [1.82, 2.24) is 35.1 Å². The maximum atomic E-state index is 14.8. The van der Waals surface area contributed by atoms with Gasteiger partial charge in [0, 0.05) is 12.6 Å². The molecule has 8 heteroatoms. The van der Waals surface area contributed by atoms with Crippen molar-refractivity contribution in [2.24, 2.45) is 7.05 Å². The lowest BCUT2D eigenvalue weighted by molar-refractivity contribution is 0.316. The van der Waals surface area contributed by atoms with Crippen LogP contribution in [0.5, 0.6) is 0 Å². The van der Waals surface area contributed by atoms with Crippen LogP contribution < -0.4 is 5.32 Å². The Morgan fingerprint density at radius 3 is 2.67 bits per heavy atom. The highest BCUT2D eigenvalue weighted by Crippen LogP contribution is 2.28. The minimum absolute atomic E-state index is 0.216. The number of pyridine rings is 1. The molecule has 0 unspecified atom stereocenters. The molecule has 0 atom stereocenters. The molecular weight excluding hydrogens is 345 g/mol. The Morgan fingerprint density at radius 2 is 1.85 bits per heavy atom. The predicted octanol–water partition coefficient (Wildman–Crippen LogP) is 2.75. The molecule has 5 rings (SSSR count). The normalized spacial score (nSPS) is 15.8. The number of fused-ring (bicyclic) bond motifs is 2. The van der Waals surface area contributed by atoms with Gasteiger partial charge < -0.3 is 5.32 Å². The number of hydrogen-bond donors (Lipinski definition) is 1. The first-order valence-electron chi connectivity index (χ1n) is 9.16. The molecule has 0 bridgehead atoms. The second-order valence-corrected chi connectivity index (χ2v) is 7.19. The molecule has 4 heterocycles. The van der Waals surface area contributed by atoms with Gasteiger partial charge in [0.05, 0.1) is 17.9 Å². The van der Waals surface area contributed by atoms with E-state index in [9.17, 15) is 4.39 Å². The van der Waals surface area contributed by atoms with Gasteiger partial charge in [0.15, 0.2) is 5.82 Å². The van der Waals surface area contributed by atoms with Crippen molar-refractivity contribution < 1.29 is 4.39 Å². The standard InChI is InChI=1S/C19H20FN7/c1-11-7-15(22-17-10-26(2)24-18(11)17)12-8-14(20)19-16(9-12)23-27(25-19)13-3-5-21-6-4-13/h7-10,13,21H,3-6H2,1-2H3. The van der Waals surface area contributed by atoms with Crippen molar-refractivity contribution in [2.45, 2.75) is 25.8 Å². The molecule has 1 N–H and O–H groups in total. The maximum Gasteiger partial charge on any atom is 0.153 e. The van der Waals surface area contributed by atoms with Gasteiger partial charge in [-0.3, -0.25) is 4.68 Å². The highest BCUT2D eigenvalue weighted by molar-refractivity contribution is 5.84. The molecule has 7 nitrogen and oxygen atoms in total. The molecule has 27 heavy (non-hydrogen) atoms. The van der Waals surface area contributed by atoms with E-state index in [2.05, 4.69) is 25.6 Å². The van der Waals surface area contributed by atoms with Gasteiger partial charge in [-0.15, -0.1) is 5.10 Å². The molecule has 0 aliphatic carbocycles. The minimum Gasteiger partial charge on any atom is -0.317 e. The van der Waals surface area contributed by atoms with Gasteiger partial charge in [0.2, 0.25) is 0 Å². The molecule has 0 spiro atoms. The zero-order valence-electron chi connectivity index (χ0n) is 15.3. The number of benzene rings is 1. The zero-order chi connectivity index (χ0) is 18.5. The number of rotatable bonds is 2. The third-order valence-corrected chi connectivity index (χ3v) is 5.16. The summed E-state index contributed by atoms with van der Waals surface area (Å²) in [6.45, 7) is 3.86. The third-order valence-electron chi connectivity index (χ3n) is 5.16. The Kier molecular flexibility index (Phi) is 3.68. The Balaban J connectivity index is 1.61. The van der Waals surface area contributed by atoms with Gasteiger partial charge >= 0.3 is 0 Å². The average molecular weight is 365 g/mol. The van der Waals surface area contributed by atoms with E-state index in [-0.39, 0.29) is 11.9 Å². The first-order valence-corrected chi connectivity index (χ1v) is 9.16. The van der Waals surface area contributed by atoms with E-state index in [1.807, 2.05) is 32.3 Å². The molecule has 138 valence electrons. The summed E-state index contributed by atoms with van der Waals surface area (Å²) in [5.74, 6) is -0.367. The Bertz CT molecular complexity index is 1150. The van der Waals surface area contributed by atoms with Gasteiger partial charge in [-0.05, 0) is 56.6 Å². The summed E-state index contributed by atoms with van der Waals surface area (Å²) in [7, 11) is 1.87. The number of halogens is 1. The topological polar surface area (TPSA) is 73.5 Å². The van der Waals surface area contributed by atoms with E-state index < -0.39 is 0 Å². The summed E-state index contributed by atoms with van der Waals surface area (Å²) in [5.41, 5.74) is 4.96. The van der Waals surface area contributed by atoms with Crippen molar-refractivity contribution in [3.05, 3.63) is 35.8 Å². The summed E-state index contributed by atoms with van der Waals surface area (Å²) in [5, 5.41) is 16.7. The first-order chi connectivity index (χ1) is 13.1. The van der Waals surface area contributed by atoms with E-state index in [0.29, 0.717) is 22.3 Å². The fourth-order valence-corrected chi connectivity index (χ4v) is 3.77. The minimum atomic E-state index is -0.367. The zero-order valence-corrected chi connectivity index (χ0v) is 15.3. The number of hydrogen-bond acceptors (Lipinski definition) is 5. The number of nitrogens with zero attached hydrogens (tertiary/aromatic N) is 6. The van der Waals surface area contributed by atoms with Gasteiger partial charge in [-0.2, -0.15) is 15.0 Å². The lowest BCUT2D eigenvalue weighted by Crippen LogP contribution is -2.30. The molecule has 0 amide bonds. The van der Waals surface area contributed by atoms with Gasteiger partial charge in [0.25, 0.3) is 0 Å². The van der Waals surface area contributed by atoms with Crippen molar-refractivity contribution in [3.63, 3.8) is 0 Å². The maximum absolute atomic E-state index is 14.8. The van der Waals surface area contributed by atoms with Crippen LogP contribution in [-0.2, 0) is 7.05 Å². The fourth-order valence-electron chi connectivity index (χ4n) is 3.77. The van der Waals surface area contributed by atoms with Gasteiger partial charge in [-0.25, -0.2) is 9.37 Å². The molecule has 4 aromatic rings. The van der Waals surface area contributed by atoms with Crippen LogP contribution in [0, 0.1) is 12.7 Å². The van der Waals surface area contributed by atoms with E-state index in [1.54, 1.807) is 9.48 Å². The SMILES string of the molecule is Cc1cc(-c2cc(F)c3nn(C4CCNCC4)nc3c2)nc2cn(C)nc12. The van der Waals surface area contributed by atoms with Crippen LogP contribution >= 0.6 is 0 Å². The number of piperidine rings is 1. The van der Waals surface area contributed by atoms with Crippen molar-refractivity contribution in [1.29, 1.82) is 0 Å². The van der Waals surface area contributed by atoms with Crippen LogP contribution in [0.3, 0.4) is 0 Å². The summed E-state index contributed by atoms with van der Waals surface area (Å²) in [6.07, 6.45) is 3.77. The van der Waals surface area contributed by atoms with E-state index in [1.165, 1.54) is 6.07 Å². The van der Waals surface area contributed by atoms with Crippen molar-refractivity contribution in [3.8, 4) is 11.3 Å². The van der Waals surface area contributed by atoms with Gasteiger partial charge in [0.1, 0.15) is 22.1 Å². The Hall–Kier alpha value is -2.87. The molecule has 1 aliphatic rings. The molecular formula is C19H20FN7. The van der Waals surface area contributed by atoms with Crippen LogP contribution in [-0.4, -0.2) is 42.8 Å². The largest absolute Gasteiger partial charge is 0.317 e. The van der Waals surface area contributed by atoms with E-state index >= 15 is 0 Å². The Labute approximate surface area is 155 Å². The average Bonchev–Trinajstić information content (AvgIpc) is 3.26. The van der Waals surface area contributed by atoms with E-state index in [4.69, 9.17) is 0 Å². The molecule has 1 fully saturated rings. The smallest absolute Gasteiger partial charge is 0.153 e. The summed E-state index contributed by atoms with van der Waals surface area (Å²) < 4.78 is 16.5. The fraction of sp³-hybridized carbons (Fsp3) is 0.368. The van der Waals surface area contributed by atoms with Crippen molar-refractivity contribution in [2.75, 3.05) is 13.1 Å². The van der Waals surface area contributed by atoms with Crippen LogP contribution in [0.2, 0.25) is 0 Å². The van der Waals surface area contributed by atoms with Crippen LogP contribution in [0.25, 0.3) is 33.3 Å². The van der Waals surface area contributed by atoms with Gasteiger partial charge in [-0.1, -0.05) is 0 Å². The second kappa shape index (κ2) is 6.09. The lowest BCUT2D eigenvalue weighted by Gasteiger charge is -2.21. The monoisotopic (exact) mass is 365 g/mol. The molecule has 1 saturated heterocycles. The van der Waals surface area contributed by atoms with E-state index in [0.717, 1.165) is 42.5 Å². The molecule has 3 aromatic heterocycles. The van der Waals surface area contributed by atoms with Crippen LogP contribution in [0.1, 0.15) is 24.4 Å². The van der Waals surface area contributed by atoms with Crippen LogP contribution in [0.15, 0.2) is 24.4 Å². The summed E-state index contributed by atoms with van der Waals surface area (Å²) in [6, 6.07) is 5.52. The summed E-state index contributed by atoms with van der Waals surface area (Å²) in [4.78, 5) is 6.34. The summed E-state index contributed by atoms with van der Waals surface area (Å²) >= 11 is 0.